The Morgan fingerprint density at radius 1 is 0.935 bits per heavy atom. The van der Waals surface area contributed by atoms with Crippen molar-refractivity contribution >= 4 is 34.3 Å². The highest BCUT2D eigenvalue weighted by Gasteiger charge is 2.24. The molecule has 2 heterocycles. The van der Waals surface area contributed by atoms with Crippen molar-refractivity contribution in [3.05, 3.63) is 90.3 Å². The fourth-order valence-electron chi connectivity index (χ4n) is 3.74. The number of anilines is 1. The van der Waals surface area contributed by atoms with E-state index >= 15 is 0 Å². The predicted molar refractivity (Wildman–Crippen MR) is 124 cm³/mol. The van der Waals surface area contributed by atoms with Gasteiger partial charge in [-0.15, -0.1) is 0 Å². The first-order valence-electron chi connectivity index (χ1n) is 10.2. The maximum Gasteiger partial charge on any atom is 0.237 e. The molecule has 0 N–H and O–H groups in total. The van der Waals surface area contributed by atoms with Crippen LogP contribution in [0.4, 0.5) is 5.69 Å². The van der Waals surface area contributed by atoms with Gasteiger partial charge in [0, 0.05) is 17.6 Å². The van der Waals surface area contributed by atoms with Gasteiger partial charge in [0.1, 0.15) is 17.4 Å². The molecule has 1 amide bonds. The van der Waals surface area contributed by atoms with Gasteiger partial charge in [-0.1, -0.05) is 66.4 Å². The summed E-state index contributed by atoms with van der Waals surface area (Å²) in [5, 5.41) is 1.75. The van der Waals surface area contributed by atoms with E-state index in [2.05, 4.69) is 11.1 Å². The number of fused-ring (bicyclic) bond motifs is 2. The molecular formula is C25H21N3O2S. The fourth-order valence-corrected chi connectivity index (χ4v) is 4.65. The van der Waals surface area contributed by atoms with Crippen molar-refractivity contribution in [3.63, 3.8) is 0 Å². The second-order valence-electron chi connectivity index (χ2n) is 7.28. The van der Waals surface area contributed by atoms with E-state index in [0.29, 0.717) is 11.6 Å². The maximum absolute atomic E-state index is 13.0. The van der Waals surface area contributed by atoms with Crippen LogP contribution in [0.2, 0.25) is 0 Å². The predicted octanol–water partition coefficient (Wildman–Crippen LogP) is 4.89. The number of amides is 1. The first kappa shape index (κ1) is 19.6. The molecule has 0 saturated carbocycles. The Kier molecular flexibility index (Phi) is 5.54. The van der Waals surface area contributed by atoms with Gasteiger partial charge in [0.15, 0.2) is 5.82 Å². The number of carbonyl (C=O) groups excluding carboxylic acids is 1. The van der Waals surface area contributed by atoms with E-state index < -0.39 is 0 Å². The lowest BCUT2D eigenvalue weighted by atomic mass is 10.2. The molecule has 5 rings (SSSR count). The highest BCUT2D eigenvalue weighted by atomic mass is 32.2. The zero-order chi connectivity index (χ0) is 21.0. The van der Waals surface area contributed by atoms with Crippen molar-refractivity contribution in [1.29, 1.82) is 0 Å². The SMILES string of the molecule is O=C(CSc1nc(COc2ccccc2)nc2ccccc12)N1CCc2ccccc21. The lowest BCUT2D eigenvalue weighted by Crippen LogP contribution is -2.30. The van der Waals surface area contributed by atoms with Crippen LogP contribution in [0.5, 0.6) is 5.75 Å². The molecule has 1 aliphatic rings. The minimum absolute atomic E-state index is 0.0970. The zero-order valence-corrected chi connectivity index (χ0v) is 17.7. The van der Waals surface area contributed by atoms with E-state index in [1.807, 2.05) is 77.7 Å². The Hall–Kier alpha value is -3.38. The average molecular weight is 428 g/mol. The molecule has 4 aromatic rings. The lowest BCUT2D eigenvalue weighted by molar-refractivity contribution is -0.116. The van der Waals surface area contributed by atoms with E-state index in [4.69, 9.17) is 9.72 Å². The van der Waals surface area contributed by atoms with Crippen LogP contribution < -0.4 is 9.64 Å². The van der Waals surface area contributed by atoms with Crippen LogP contribution in [0, 0.1) is 0 Å². The molecule has 31 heavy (non-hydrogen) atoms. The molecule has 6 heteroatoms. The molecule has 1 aliphatic heterocycles. The van der Waals surface area contributed by atoms with Crippen molar-refractivity contribution in [1.82, 2.24) is 9.97 Å². The van der Waals surface area contributed by atoms with Crippen LogP contribution in [0.1, 0.15) is 11.4 Å². The Morgan fingerprint density at radius 3 is 2.61 bits per heavy atom. The first-order valence-corrected chi connectivity index (χ1v) is 11.2. The van der Waals surface area contributed by atoms with E-state index in [-0.39, 0.29) is 12.5 Å². The van der Waals surface area contributed by atoms with Gasteiger partial charge < -0.3 is 9.64 Å². The van der Waals surface area contributed by atoms with Crippen LogP contribution >= 0.6 is 11.8 Å². The largest absolute Gasteiger partial charge is 0.486 e. The molecule has 3 aromatic carbocycles. The minimum atomic E-state index is 0.0970. The summed E-state index contributed by atoms with van der Waals surface area (Å²) < 4.78 is 5.83. The summed E-state index contributed by atoms with van der Waals surface area (Å²) in [5.41, 5.74) is 3.11. The summed E-state index contributed by atoms with van der Waals surface area (Å²) in [6.07, 6.45) is 0.907. The average Bonchev–Trinajstić information content (AvgIpc) is 3.26. The van der Waals surface area contributed by atoms with E-state index in [1.54, 1.807) is 0 Å². The topological polar surface area (TPSA) is 55.3 Å². The number of para-hydroxylation sites is 3. The van der Waals surface area contributed by atoms with E-state index in [0.717, 1.165) is 40.3 Å². The number of rotatable bonds is 6. The number of benzene rings is 3. The smallest absolute Gasteiger partial charge is 0.237 e. The standard InChI is InChI=1S/C25H21N3O2S/c29-24(28-15-14-18-8-4-7-13-22(18)28)17-31-25-20-11-5-6-12-21(20)26-23(27-25)16-30-19-9-2-1-3-10-19/h1-13H,14-17H2. The summed E-state index contributed by atoms with van der Waals surface area (Å²) in [6.45, 7) is 1.01. The number of thioether (sulfide) groups is 1. The number of hydrogen-bond acceptors (Lipinski definition) is 5. The summed E-state index contributed by atoms with van der Waals surface area (Å²) in [5.74, 6) is 1.80. The van der Waals surface area contributed by atoms with Crippen LogP contribution in [-0.2, 0) is 17.8 Å². The fraction of sp³-hybridized carbons (Fsp3) is 0.160. The van der Waals surface area contributed by atoms with Crippen LogP contribution in [0.15, 0.2) is 83.9 Å². The third kappa shape index (κ3) is 4.25. The summed E-state index contributed by atoms with van der Waals surface area (Å²) in [6, 6.07) is 25.6. The van der Waals surface area contributed by atoms with Crippen molar-refractivity contribution in [3.8, 4) is 5.75 Å². The van der Waals surface area contributed by atoms with Gasteiger partial charge >= 0.3 is 0 Å². The van der Waals surface area contributed by atoms with Gasteiger partial charge in [0.05, 0.1) is 11.3 Å². The number of hydrogen-bond donors (Lipinski definition) is 0. The monoisotopic (exact) mass is 427 g/mol. The van der Waals surface area contributed by atoms with Gasteiger partial charge in [-0.3, -0.25) is 4.79 Å². The highest BCUT2D eigenvalue weighted by Crippen LogP contribution is 2.30. The van der Waals surface area contributed by atoms with Crippen molar-refractivity contribution in [2.45, 2.75) is 18.1 Å². The van der Waals surface area contributed by atoms with Gasteiger partial charge in [0.2, 0.25) is 5.91 Å². The highest BCUT2D eigenvalue weighted by molar-refractivity contribution is 8.00. The van der Waals surface area contributed by atoms with Gasteiger partial charge in [-0.05, 0) is 36.2 Å². The third-order valence-corrected chi connectivity index (χ3v) is 6.22. The van der Waals surface area contributed by atoms with Crippen molar-refractivity contribution in [2.24, 2.45) is 0 Å². The molecule has 1 aromatic heterocycles. The summed E-state index contributed by atoms with van der Waals surface area (Å²) >= 11 is 1.46. The Morgan fingerprint density at radius 2 is 1.71 bits per heavy atom. The molecule has 0 fully saturated rings. The molecule has 154 valence electrons. The lowest BCUT2D eigenvalue weighted by Gasteiger charge is -2.17. The molecule has 0 aliphatic carbocycles. The number of ether oxygens (including phenoxy) is 1. The minimum Gasteiger partial charge on any atom is -0.486 e. The molecule has 0 radical (unpaired) electrons. The Bertz CT molecular complexity index is 1230. The van der Waals surface area contributed by atoms with E-state index in [1.165, 1.54) is 17.3 Å². The molecule has 0 unspecified atom stereocenters. The van der Waals surface area contributed by atoms with Crippen LogP contribution in [-0.4, -0.2) is 28.2 Å². The molecule has 0 saturated heterocycles. The first-order chi connectivity index (χ1) is 15.3. The third-order valence-electron chi connectivity index (χ3n) is 5.25. The van der Waals surface area contributed by atoms with Gasteiger partial charge in [-0.2, -0.15) is 0 Å². The summed E-state index contributed by atoms with van der Waals surface area (Å²) in [4.78, 5) is 24.2. The summed E-state index contributed by atoms with van der Waals surface area (Å²) in [7, 11) is 0. The van der Waals surface area contributed by atoms with Crippen LogP contribution in [0.3, 0.4) is 0 Å². The molecular weight excluding hydrogens is 406 g/mol. The molecule has 0 atom stereocenters. The number of aromatic nitrogens is 2. The number of carbonyl (C=O) groups is 1. The quantitative estimate of drug-likeness (QED) is 0.324. The molecule has 5 nitrogen and oxygen atoms in total. The van der Waals surface area contributed by atoms with E-state index in [9.17, 15) is 4.79 Å². The molecule has 0 bridgehead atoms. The van der Waals surface area contributed by atoms with Crippen molar-refractivity contribution < 1.29 is 9.53 Å². The number of nitrogens with zero attached hydrogens (tertiary/aromatic N) is 3. The Balaban J connectivity index is 1.34. The normalized spacial score (nSPS) is 12.7. The molecule has 0 spiro atoms. The van der Waals surface area contributed by atoms with Gasteiger partial charge in [0.25, 0.3) is 0 Å². The second kappa shape index (κ2) is 8.78. The van der Waals surface area contributed by atoms with Gasteiger partial charge in [-0.25, -0.2) is 9.97 Å². The zero-order valence-electron chi connectivity index (χ0n) is 16.9. The second-order valence-corrected chi connectivity index (χ2v) is 8.24. The van der Waals surface area contributed by atoms with Crippen LogP contribution in [0.25, 0.3) is 10.9 Å². The maximum atomic E-state index is 13.0. The Labute approximate surface area is 185 Å². The van der Waals surface area contributed by atoms with Crippen molar-refractivity contribution in [2.75, 3.05) is 17.2 Å².